The van der Waals surface area contributed by atoms with Crippen molar-refractivity contribution in [3.8, 4) is 5.75 Å². The molecule has 2 heterocycles. The number of hydrogen-bond donors (Lipinski definition) is 1. The number of aryl methyl sites for hydroxylation is 1. The van der Waals surface area contributed by atoms with E-state index in [1.165, 1.54) is 12.8 Å². The molecule has 1 atom stereocenters. The highest BCUT2D eigenvalue weighted by Crippen LogP contribution is 2.30. The van der Waals surface area contributed by atoms with E-state index in [0.29, 0.717) is 24.5 Å². The summed E-state index contributed by atoms with van der Waals surface area (Å²) in [5.74, 6) is 0.367. The smallest absolute Gasteiger partial charge is 0.348 e. The fourth-order valence-corrected chi connectivity index (χ4v) is 3.58. The van der Waals surface area contributed by atoms with Crippen LogP contribution < -0.4 is 4.74 Å². The summed E-state index contributed by atoms with van der Waals surface area (Å²) in [6.07, 6.45) is 10.7. The van der Waals surface area contributed by atoms with E-state index in [4.69, 9.17) is 4.74 Å². The molecule has 130 valence electrons. The molecule has 0 amide bonds. The van der Waals surface area contributed by atoms with E-state index in [0.717, 1.165) is 31.7 Å². The van der Waals surface area contributed by atoms with E-state index in [1.54, 1.807) is 12.3 Å². The van der Waals surface area contributed by atoms with Gasteiger partial charge in [0.05, 0.1) is 6.20 Å². The van der Waals surface area contributed by atoms with Crippen LogP contribution in [-0.2, 0) is 4.79 Å². The number of carbonyl (C=O) groups is 1. The van der Waals surface area contributed by atoms with Crippen LogP contribution in [0.25, 0.3) is 0 Å². The summed E-state index contributed by atoms with van der Waals surface area (Å²) < 4.78 is 5.90. The summed E-state index contributed by atoms with van der Waals surface area (Å²) in [5.41, 5.74) is -0.233. The lowest BCUT2D eigenvalue weighted by atomic mass is 9.89. The maximum absolute atomic E-state index is 11.9. The molecule has 24 heavy (non-hydrogen) atoms. The summed E-state index contributed by atoms with van der Waals surface area (Å²) >= 11 is 0. The quantitative estimate of drug-likeness (QED) is 0.841. The summed E-state index contributed by atoms with van der Waals surface area (Å²) in [6, 6.07) is 3.64. The van der Waals surface area contributed by atoms with Gasteiger partial charge >= 0.3 is 5.97 Å². The number of rotatable bonds is 5. The number of piperidine rings is 1. The first-order valence-corrected chi connectivity index (χ1v) is 8.80. The number of carboxylic acid groups (broad SMARTS) is 1. The molecular formula is C19H26N2O3. The fourth-order valence-electron chi connectivity index (χ4n) is 3.58. The van der Waals surface area contributed by atoms with Crippen molar-refractivity contribution >= 4 is 5.97 Å². The Hall–Kier alpha value is -1.88. The molecule has 0 bridgehead atoms. The molecule has 1 saturated heterocycles. The van der Waals surface area contributed by atoms with E-state index in [1.807, 2.05) is 13.0 Å². The molecule has 1 aliphatic carbocycles. The fraction of sp³-hybridized carbons (Fsp3) is 0.579. The number of allylic oxidation sites excluding steroid dienone is 2. The van der Waals surface area contributed by atoms with Crippen LogP contribution >= 0.6 is 0 Å². The predicted molar refractivity (Wildman–Crippen MR) is 92.1 cm³/mol. The molecule has 0 unspecified atom stereocenters. The van der Waals surface area contributed by atoms with Crippen LogP contribution in [0, 0.1) is 12.8 Å². The average molecular weight is 330 g/mol. The first-order valence-electron chi connectivity index (χ1n) is 8.80. The van der Waals surface area contributed by atoms with Gasteiger partial charge in [-0.2, -0.15) is 0 Å². The molecule has 0 aromatic carbocycles. The highest BCUT2D eigenvalue weighted by molar-refractivity contribution is 5.78. The second-order valence-electron chi connectivity index (χ2n) is 6.99. The monoisotopic (exact) mass is 330 g/mol. The third kappa shape index (κ3) is 3.96. The summed E-state index contributed by atoms with van der Waals surface area (Å²) in [7, 11) is 0. The largest absolute Gasteiger partial charge is 0.478 e. The lowest BCUT2D eigenvalue weighted by Crippen LogP contribution is -2.53. The Morgan fingerprint density at radius 2 is 2.17 bits per heavy atom. The van der Waals surface area contributed by atoms with Crippen LogP contribution in [-0.4, -0.2) is 46.2 Å². The molecule has 5 heteroatoms. The van der Waals surface area contributed by atoms with Crippen molar-refractivity contribution in [2.75, 3.05) is 19.6 Å². The third-order valence-corrected chi connectivity index (χ3v) is 5.15. The van der Waals surface area contributed by atoms with Gasteiger partial charge in [0.1, 0.15) is 5.75 Å². The normalized spacial score (nSPS) is 23.8. The average Bonchev–Trinajstić information content (AvgIpc) is 2.59. The molecule has 2 aliphatic rings. The zero-order valence-corrected chi connectivity index (χ0v) is 14.3. The van der Waals surface area contributed by atoms with Gasteiger partial charge in [0.25, 0.3) is 0 Å². The van der Waals surface area contributed by atoms with Gasteiger partial charge in [0.2, 0.25) is 5.60 Å². The van der Waals surface area contributed by atoms with Crippen LogP contribution in [0.3, 0.4) is 0 Å². The molecule has 3 rings (SSSR count). The van der Waals surface area contributed by atoms with Crippen LogP contribution in [0.1, 0.15) is 37.8 Å². The van der Waals surface area contributed by atoms with E-state index < -0.39 is 11.6 Å². The number of likely N-dealkylation sites (tertiary alicyclic amines) is 1. The lowest BCUT2D eigenvalue weighted by Gasteiger charge is -2.40. The van der Waals surface area contributed by atoms with E-state index in [9.17, 15) is 9.90 Å². The summed E-state index contributed by atoms with van der Waals surface area (Å²) in [5, 5.41) is 9.74. The van der Waals surface area contributed by atoms with Gasteiger partial charge in [0, 0.05) is 38.2 Å². The van der Waals surface area contributed by atoms with Crippen molar-refractivity contribution in [1.82, 2.24) is 9.88 Å². The number of ether oxygens (including phenoxy) is 1. The summed E-state index contributed by atoms with van der Waals surface area (Å²) in [4.78, 5) is 18.5. The molecule has 0 radical (unpaired) electrons. The van der Waals surface area contributed by atoms with Gasteiger partial charge in [-0.05, 0) is 44.2 Å². The molecule has 1 fully saturated rings. The molecule has 0 saturated carbocycles. The van der Waals surface area contributed by atoms with Gasteiger partial charge in [-0.3, -0.25) is 4.98 Å². The maximum Gasteiger partial charge on any atom is 0.348 e. The first-order chi connectivity index (χ1) is 11.6. The third-order valence-electron chi connectivity index (χ3n) is 5.15. The lowest BCUT2D eigenvalue weighted by molar-refractivity contribution is -0.159. The second-order valence-corrected chi connectivity index (χ2v) is 6.99. The van der Waals surface area contributed by atoms with Crippen LogP contribution in [0.15, 0.2) is 30.5 Å². The molecule has 1 N–H and O–H groups in total. The Morgan fingerprint density at radius 3 is 2.75 bits per heavy atom. The van der Waals surface area contributed by atoms with E-state index in [2.05, 4.69) is 22.0 Å². The highest BCUT2D eigenvalue weighted by Gasteiger charge is 2.44. The minimum atomic E-state index is -1.13. The van der Waals surface area contributed by atoms with E-state index >= 15 is 0 Å². The zero-order valence-electron chi connectivity index (χ0n) is 14.3. The van der Waals surface area contributed by atoms with Crippen molar-refractivity contribution in [2.45, 2.75) is 44.6 Å². The van der Waals surface area contributed by atoms with Crippen LogP contribution in [0.2, 0.25) is 0 Å². The molecule has 5 nitrogen and oxygen atoms in total. The number of nitrogens with zero attached hydrogens (tertiary/aromatic N) is 2. The first kappa shape index (κ1) is 17.0. The molecular weight excluding hydrogens is 304 g/mol. The van der Waals surface area contributed by atoms with Crippen molar-refractivity contribution in [3.05, 3.63) is 36.2 Å². The number of aromatic nitrogens is 1. The Kier molecular flexibility index (Phi) is 5.19. The van der Waals surface area contributed by atoms with Crippen molar-refractivity contribution in [1.29, 1.82) is 0 Å². The molecule has 1 aromatic heterocycles. The standard InChI is InChI=1S/C19H26N2O3/c1-15-7-8-17(13-20-15)24-19(18(22)23)9-11-21(12-10-19)14-16-5-3-2-4-6-16/h2-3,7-8,13,16H,4-6,9-12,14H2,1H3,(H,22,23)/t16-/m0/s1. The SMILES string of the molecule is Cc1ccc(OC2(C(=O)O)CCN(C[C@H]3CC=CCC3)CC2)cn1. The predicted octanol–water partition coefficient (Wildman–Crippen LogP) is 3.04. The minimum absolute atomic E-state index is 0.513. The van der Waals surface area contributed by atoms with Gasteiger partial charge in [0.15, 0.2) is 0 Å². The van der Waals surface area contributed by atoms with Gasteiger partial charge in [-0.1, -0.05) is 12.2 Å². The topological polar surface area (TPSA) is 62.7 Å². The second kappa shape index (κ2) is 7.34. The maximum atomic E-state index is 11.9. The Labute approximate surface area is 143 Å². The van der Waals surface area contributed by atoms with Gasteiger partial charge in [-0.25, -0.2) is 4.79 Å². The summed E-state index contributed by atoms with van der Waals surface area (Å²) in [6.45, 7) is 4.50. The number of pyridine rings is 1. The minimum Gasteiger partial charge on any atom is -0.478 e. The number of aliphatic carboxylic acids is 1. The van der Waals surface area contributed by atoms with Gasteiger partial charge < -0.3 is 14.7 Å². The van der Waals surface area contributed by atoms with E-state index in [-0.39, 0.29) is 0 Å². The number of carboxylic acids is 1. The van der Waals surface area contributed by atoms with Crippen molar-refractivity contribution < 1.29 is 14.6 Å². The van der Waals surface area contributed by atoms with Gasteiger partial charge in [-0.15, -0.1) is 0 Å². The van der Waals surface area contributed by atoms with Crippen molar-refractivity contribution in [3.63, 3.8) is 0 Å². The Bertz CT molecular complexity index is 589. The molecule has 1 aliphatic heterocycles. The highest BCUT2D eigenvalue weighted by atomic mass is 16.5. The Balaban J connectivity index is 1.60. The van der Waals surface area contributed by atoms with Crippen molar-refractivity contribution in [2.24, 2.45) is 5.92 Å². The number of hydrogen-bond acceptors (Lipinski definition) is 4. The molecule has 1 aromatic rings. The Morgan fingerprint density at radius 1 is 1.38 bits per heavy atom. The zero-order chi connectivity index (χ0) is 17.0. The van der Waals surface area contributed by atoms with Crippen LogP contribution in [0.4, 0.5) is 0 Å². The molecule has 0 spiro atoms. The van der Waals surface area contributed by atoms with Crippen LogP contribution in [0.5, 0.6) is 5.75 Å².